The SMILES string of the molecule is CC#CCCn1ccc(=O)cc1. The molecule has 0 amide bonds. The largest absolute Gasteiger partial charge is 0.353 e. The molecule has 0 bridgehead atoms. The van der Waals surface area contributed by atoms with Crippen molar-refractivity contribution in [1.82, 2.24) is 4.57 Å². The van der Waals surface area contributed by atoms with Gasteiger partial charge in [0.2, 0.25) is 0 Å². The Balaban J connectivity index is 2.57. The Morgan fingerprint density at radius 1 is 1.42 bits per heavy atom. The van der Waals surface area contributed by atoms with E-state index in [2.05, 4.69) is 11.8 Å². The number of hydrogen-bond donors (Lipinski definition) is 0. The van der Waals surface area contributed by atoms with Crippen molar-refractivity contribution in [3.63, 3.8) is 0 Å². The molecule has 0 saturated heterocycles. The van der Waals surface area contributed by atoms with Gasteiger partial charge in [0.1, 0.15) is 0 Å². The Hall–Kier alpha value is -1.49. The molecule has 0 saturated carbocycles. The standard InChI is InChI=1S/C10H11NO/c1-2-3-4-7-11-8-5-10(12)6-9-11/h5-6,8-9H,4,7H2,1H3. The molecular formula is C10H11NO. The van der Waals surface area contributed by atoms with E-state index >= 15 is 0 Å². The van der Waals surface area contributed by atoms with Crippen molar-refractivity contribution < 1.29 is 0 Å². The predicted octanol–water partition coefficient (Wildman–Crippen LogP) is 1.26. The minimum Gasteiger partial charge on any atom is -0.353 e. The second kappa shape index (κ2) is 4.40. The van der Waals surface area contributed by atoms with Crippen LogP contribution in [0.3, 0.4) is 0 Å². The minimum atomic E-state index is 0.0489. The van der Waals surface area contributed by atoms with Crippen LogP contribution in [-0.2, 0) is 6.54 Å². The number of rotatable bonds is 2. The molecule has 0 aliphatic carbocycles. The highest BCUT2D eigenvalue weighted by molar-refractivity contribution is 4.97. The maximum absolute atomic E-state index is 10.7. The quantitative estimate of drug-likeness (QED) is 0.598. The molecule has 0 aromatic carbocycles. The Morgan fingerprint density at radius 2 is 2.08 bits per heavy atom. The maximum atomic E-state index is 10.7. The third-order valence-electron chi connectivity index (χ3n) is 1.53. The van der Waals surface area contributed by atoms with Crippen LogP contribution in [0.15, 0.2) is 29.3 Å². The van der Waals surface area contributed by atoms with Crippen molar-refractivity contribution in [3.05, 3.63) is 34.7 Å². The Bertz CT molecular complexity index is 334. The number of pyridine rings is 1. The van der Waals surface area contributed by atoms with Gasteiger partial charge in [0.15, 0.2) is 5.43 Å². The normalized spacial score (nSPS) is 8.75. The van der Waals surface area contributed by atoms with Crippen LogP contribution in [0.2, 0.25) is 0 Å². The smallest absolute Gasteiger partial charge is 0.181 e. The van der Waals surface area contributed by atoms with Crippen molar-refractivity contribution in [2.45, 2.75) is 19.9 Å². The van der Waals surface area contributed by atoms with Gasteiger partial charge >= 0.3 is 0 Å². The molecule has 0 fully saturated rings. The number of nitrogens with zero attached hydrogens (tertiary/aromatic N) is 1. The van der Waals surface area contributed by atoms with Crippen LogP contribution in [0.4, 0.5) is 0 Å². The van der Waals surface area contributed by atoms with Gasteiger partial charge in [-0.2, -0.15) is 0 Å². The zero-order valence-corrected chi connectivity index (χ0v) is 7.08. The summed E-state index contributed by atoms with van der Waals surface area (Å²) in [5.74, 6) is 5.79. The van der Waals surface area contributed by atoms with E-state index < -0.39 is 0 Å². The van der Waals surface area contributed by atoms with E-state index in [9.17, 15) is 4.79 Å². The van der Waals surface area contributed by atoms with Gasteiger partial charge in [0.25, 0.3) is 0 Å². The van der Waals surface area contributed by atoms with Gasteiger partial charge in [-0.1, -0.05) is 0 Å². The highest BCUT2D eigenvalue weighted by Crippen LogP contribution is 1.87. The molecule has 0 unspecified atom stereocenters. The molecule has 0 aliphatic heterocycles. The zero-order valence-electron chi connectivity index (χ0n) is 7.08. The molecule has 62 valence electrons. The summed E-state index contributed by atoms with van der Waals surface area (Å²) in [6.07, 6.45) is 4.39. The molecule has 0 aliphatic rings. The molecule has 2 nitrogen and oxygen atoms in total. The predicted molar refractivity (Wildman–Crippen MR) is 48.8 cm³/mol. The van der Waals surface area contributed by atoms with Gasteiger partial charge < -0.3 is 4.57 Å². The fraction of sp³-hybridized carbons (Fsp3) is 0.300. The molecule has 2 heteroatoms. The number of aromatic nitrogens is 1. The lowest BCUT2D eigenvalue weighted by Crippen LogP contribution is -2.03. The molecule has 12 heavy (non-hydrogen) atoms. The zero-order chi connectivity index (χ0) is 8.81. The summed E-state index contributed by atoms with van der Waals surface area (Å²) in [6.45, 7) is 2.67. The lowest BCUT2D eigenvalue weighted by Gasteiger charge is -2.00. The minimum absolute atomic E-state index is 0.0489. The summed E-state index contributed by atoms with van der Waals surface area (Å²) in [6, 6.07) is 3.11. The fourth-order valence-electron chi connectivity index (χ4n) is 0.903. The molecule has 0 radical (unpaired) electrons. The van der Waals surface area contributed by atoms with Gasteiger partial charge in [0, 0.05) is 37.5 Å². The van der Waals surface area contributed by atoms with E-state index in [0.717, 1.165) is 13.0 Å². The van der Waals surface area contributed by atoms with Crippen LogP contribution in [0.25, 0.3) is 0 Å². The second-order valence-electron chi connectivity index (χ2n) is 2.45. The second-order valence-corrected chi connectivity index (χ2v) is 2.45. The number of aryl methyl sites for hydroxylation is 1. The Labute approximate surface area is 71.8 Å². The van der Waals surface area contributed by atoms with Crippen molar-refractivity contribution in [2.75, 3.05) is 0 Å². The highest BCUT2D eigenvalue weighted by atomic mass is 16.1. The Morgan fingerprint density at radius 3 is 2.67 bits per heavy atom. The van der Waals surface area contributed by atoms with Gasteiger partial charge in [-0.05, 0) is 6.92 Å². The summed E-state index contributed by atoms with van der Waals surface area (Å²) >= 11 is 0. The van der Waals surface area contributed by atoms with Gasteiger partial charge in [0.05, 0.1) is 0 Å². The maximum Gasteiger partial charge on any atom is 0.181 e. The average Bonchev–Trinajstić information content (AvgIpc) is 2.09. The van der Waals surface area contributed by atoms with E-state index in [-0.39, 0.29) is 5.43 Å². The number of hydrogen-bond acceptors (Lipinski definition) is 1. The van der Waals surface area contributed by atoms with Crippen molar-refractivity contribution in [2.24, 2.45) is 0 Å². The molecule has 0 spiro atoms. The van der Waals surface area contributed by atoms with Crippen LogP contribution in [-0.4, -0.2) is 4.57 Å². The Kier molecular flexibility index (Phi) is 3.16. The van der Waals surface area contributed by atoms with Gasteiger partial charge in [-0.15, -0.1) is 11.8 Å². The molecule has 1 rings (SSSR count). The van der Waals surface area contributed by atoms with Gasteiger partial charge in [-0.3, -0.25) is 4.79 Å². The van der Waals surface area contributed by atoms with Crippen LogP contribution in [0, 0.1) is 11.8 Å². The van der Waals surface area contributed by atoms with E-state index in [1.807, 2.05) is 11.5 Å². The molecule has 1 aromatic rings. The van der Waals surface area contributed by atoms with Crippen LogP contribution >= 0.6 is 0 Å². The molecular weight excluding hydrogens is 150 g/mol. The average molecular weight is 161 g/mol. The fourth-order valence-corrected chi connectivity index (χ4v) is 0.903. The molecule has 1 aromatic heterocycles. The summed E-state index contributed by atoms with van der Waals surface area (Å²) in [5, 5.41) is 0. The third-order valence-corrected chi connectivity index (χ3v) is 1.53. The summed E-state index contributed by atoms with van der Waals surface area (Å²) in [7, 11) is 0. The van der Waals surface area contributed by atoms with E-state index in [4.69, 9.17) is 0 Å². The summed E-state index contributed by atoms with van der Waals surface area (Å²) in [5.41, 5.74) is 0.0489. The topological polar surface area (TPSA) is 22.0 Å². The van der Waals surface area contributed by atoms with Crippen molar-refractivity contribution in [3.8, 4) is 11.8 Å². The molecule has 0 N–H and O–H groups in total. The molecule has 0 atom stereocenters. The first-order chi connectivity index (χ1) is 5.83. The highest BCUT2D eigenvalue weighted by Gasteiger charge is 1.85. The van der Waals surface area contributed by atoms with E-state index in [0.29, 0.717) is 0 Å². The monoisotopic (exact) mass is 161 g/mol. The van der Waals surface area contributed by atoms with E-state index in [1.165, 1.54) is 0 Å². The lowest BCUT2D eigenvalue weighted by atomic mass is 10.4. The summed E-state index contributed by atoms with van der Waals surface area (Å²) < 4.78 is 1.95. The molecule has 1 heterocycles. The van der Waals surface area contributed by atoms with Crippen molar-refractivity contribution >= 4 is 0 Å². The first kappa shape index (κ1) is 8.61. The lowest BCUT2D eigenvalue weighted by molar-refractivity contribution is 0.712. The van der Waals surface area contributed by atoms with Crippen molar-refractivity contribution in [1.29, 1.82) is 0 Å². The third kappa shape index (κ3) is 2.63. The van der Waals surface area contributed by atoms with Crippen LogP contribution in [0.5, 0.6) is 0 Å². The first-order valence-electron chi connectivity index (χ1n) is 3.88. The van der Waals surface area contributed by atoms with Crippen LogP contribution < -0.4 is 5.43 Å². The van der Waals surface area contributed by atoms with Gasteiger partial charge in [-0.25, -0.2) is 0 Å². The first-order valence-corrected chi connectivity index (χ1v) is 3.88. The summed E-state index contributed by atoms with van der Waals surface area (Å²) in [4.78, 5) is 10.7. The van der Waals surface area contributed by atoms with Crippen LogP contribution in [0.1, 0.15) is 13.3 Å². The van der Waals surface area contributed by atoms with E-state index in [1.54, 1.807) is 24.5 Å².